The van der Waals surface area contributed by atoms with Crippen molar-refractivity contribution in [3.8, 4) is 0 Å². The zero-order valence-corrected chi connectivity index (χ0v) is 10.7. The highest BCUT2D eigenvalue weighted by molar-refractivity contribution is 5.84. The molecule has 6 heteroatoms. The number of cyclic esters (lactones) is 1. The van der Waals surface area contributed by atoms with Crippen molar-refractivity contribution in [2.75, 3.05) is 14.2 Å². The quantitative estimate of drug-likeness (QED) is 0.533. The molecule has 0 bridgehead atoms. The van der Waals surface area contributed by atoms with Crippen molar-refractivity contribution in [1.82, 2.24) is 0 Å². The zero-order chi connectivity index (χ0) is 13.3. The van der Waals surface area contributed by atoms with Crippen LogP contribution in [-0.4, -0.2) is 55.5 Å². The van der Waals surface area contributed by atoms with Crippen molar-refractivity contribution in [3.05, 3.63) is 12.2 Å². The van der Waals surface area contributed by atoms with Crippen LogP contribution in [0, 0.1) is 0 Å². The lowest BCUT2D eigenvalue weighted by atomic mass is 10.0. The largest absolute Gasteiger partial charge is 0.426 e. The second-order valence-corrected chi connectivity index (χ2v) is 4.55. The lowest BCUT2D eigenvalue weighted by molar-refractivity contribution is -0.199. The van der Waals surface area contributed by atoms with Crippen LogP contribution in [0.3, 0.4) is 0 Å². The molecule has 0 saturated carbocycles. The van der Waals surface area contributed by atoms with Gasteiger partial charge in [-0.05, 0) is 13.0 Å². The van der Waals surface area contributed by atoms with Crippen LogP contribution in [0.15, 0.2) is 12.2 Å². The maximum Gasteiger partial charge on any atom is 0.333 e. The number of esters is 1. The molecule has 0 aliphatic carbocycles. The molecule has 2 rings (SSSR count). The second-order valence-electron chi connectivity index (χ2n) is 4.55. The van der Waals surface area contributed by atoms with Crippen LogP contribution in [0.4, 0.5) is 0 Å². The number of epoxide rings is 1. The number of hydrogen-bond acceptors (Lipinski definition) is 6. The lowest BCUT2D eigenvalue weighted by Gasteiger charge is -2.28. The molecule has 102 valence electrons. The van der Waals surface area contributed by atoms with Crippen molar-refractivity contribution in [3.63, 3.8) is 0 Å². The molecule has 5 atom stereocenters. The van der Waals surface area contributed by atoms with Crippen molar-refractivity contribution in [1.29, 1.82) is 0 Å². The van der Waals surface area contributed by atoms with E-state index in [9.17, 15) is 9.90 Å². The number of carbonyl (C=O) groups excluding carboxylic acids is 1. The summed E-state index contributed by atoms with van der Waals surface area (Å²) in [4.78, 5) is 11.1. The third-order valence-electron chi connectivity index (χ3n) is 3.28. The van der Waals surface area contributed by atoms with Crippen molar-refractivity contribution >= 4 is 5.97 Å². The Morgan fingerprint density at radius 2 is 2.22 bits per heavy atom. The van der Waals surface area contributed by atoms with Crippen LogP contribution in [0.25, 0.3) is 0 Å². The molecule has 0 radical (unpaired) electrons. The molecule has 0 aromatic carbocycles. The van der Waals surface area contributed by atoms with E-state index in [2.05, 4.69) is 0 Å². The normalized spacial score (nSPS) is 37.4. The van der Waals surface area contributed by atoms with Crippen molar-refractivity contribution in [2.24, 2.45) is 0 Å². The number of hydrogen-bond donors (Lipinski definition) is 1. The third-order valence-corrected chi connectivity index (χ3v) is 3.28. The number of ether oxygens (including phenoxy) is 4. The number of carbonyl (C=O) groups is 1. The fourth-order valence-electron chi connectivity index (χ4n) is 2.17. The van der Waals surface area contributed by atoms with E-state index in [-0.39, 0.29) is 18.3 Å². The topological polar surface area (TPSA) is 77.5 Å². The van der Waals surface area contributed by atoms with Crippen LogP contribution in [0.5, 0.6) is 0 Å². The van der Waals surface area contributed by atoms with E-state index in [0.29, 0.717) is 6.42 Å². The molecule has 1 saturated heterocycles. The summed E-state index contributed by atoms with van der Waals surface area (Å²) in [5.74, 6) is -1.53. The smallest absolute Gasteiger partial charge is 0.333 e. The first-order valence-corrected chi connectivity index (χ1v) is 5.85. The first kappa shape index (κ1) is 13.5. The van der Waals surface area contributed by atoms with Crippen molar-refractivity contribution in [2.45, 2.75) is 43.5 Å². The van der Waals surface area contributed by atoms with E-state index in [4.69, 9.17) is 18.9 Å². The van der Waals surface area contributed by atoms with E-state index in [1.54, 1.807) is 20.1 Å². The average Bonchev–Trinajstić information content (AvgIpc) is 3.06. The number of aliphatic hydroxyl groups excluding tert-OH is 1. The molecule has 0 aromatic heterocycles. The summed E-state index contributed by atoms with van der Waals surface area (Å²) in [6.45, 7) is 1.67. The van der Waals surface area contributed by atoms with Crippen LogP contribution >= 0.6 is 0 Å². The van der Waals surface area contributed by atoms with Gasteiger partial charge in [-0.1, -0.05) is 0 Å². The molecule has 6 nitrogen and oxygen atoms in total. The van der Waals surface area contributed by atoms with Crippen LogP contribution in [-0.2, 0) is 23.7 Å². The Hall–Kier alpha value is -0.950. The van der Waals surface area contributed by atoms with Gasteiger partial charge in [0.05, 0.1) is 12.2 Å². The molecule has 1 N–H and O–H groups in total. The van der Waals surface area contributed by atoms with Gasteiger partial charge in [0.2, 0.25) is 5.79 Å². The highest BCUT2D eigenvalue weighted by Gasteiger charge is 2.51. The Morgan fingerprint density at radius 1 is 1.50 bits per heavy atom. The molecule has 1 fully saturated rings. The Labute approximate surface area is 105 Å². The monoisotopic (exact) mass is 258 g/mol. The molecule has 2 heterocycles. The zero-order valence-electron chi connectivity index (χ0n) is 10.7. The summed E-state index contributed by atoms with van der Waals surface area (Å²) in [7, 11) is 3.02. The van der Waals surface area contributed by atoms with Gasteiger partial charge in [-0.15, -0.1) is 0 Å². The highest BCUT2D eigenvalue weighted by Crippen LogP contribution is 2.36. The van der Waals surface area contributed by atoms with E-state index >= 15 is 0 Å². The fourth-order valence-corrected chi connectivity index (χ4v) is 2.17. The van der Waals surface area contributed by atoms with Gasteiger partial charge in [-0.3, -0.25) is 0 Å². The maximum atomic E-state index is 11.1. The lowest BCUT2D eigenvalue weighted by Crippen LogP contribution is -2.38. The Balaban J connectivity index is 1.98. The van der Waals surface area contributed by atoms with Gasteiger partial charge < -0.3 is 24.1 Å². The first-order valence-electron chi connectivity index (χ1n) is 5.85. The Kier molecular flexibility index (Phi) is 3.72. The molecule has 2 aliphatic rings. The molecule has 5 unspecified atom stereocenters. The van der Waals surface area contributed by atoms with Gasteiger partial charge in [-0.2, -0.15) is 0 Å². The number of rotatable bonds is 6. The van der Waals surface area contributed by atoms with Gasteiger partial charge in [0.1, 0.15) is 12.2 Å². The van der Waals surface area contributed by atoms with Crippen LogP contribution < -0.4 is 0 Å². The molecule has 0 amide bonds. The van der Waals surface area contributed by atoms with Gasteiger partial charge in [0.15, 0.2) is 0 Å². The van der Waals surface area contributed by atoms with Crippen LogP contribution in [0.2, 0.25) is 0 Å². The van der Waals surface area contributed by atoms with E-state index in [1.165, 1.54) is 13.2 Å². The van der Waals surface area contributed by atoms with E-state index < -0.39 is 17.9 Å². The summed E-state index contributed by atoms with van der Waals surface area (Å²) in [6.07, 6.45) is 1.94. The minimum Gasteiger partial charge on any atom is -0.426 e. The van der Waals surface area contributed by atoms with Crippen molar-refractivity contribution < 1.29 is 28.8 Å². The molecule has 2 aliphatic heterocycles. The predicted octanol–water partition coefficient (Wildman–Crippen LogP) is -0.00460. The first-order chi connectivity index (χ1) is 8.51. The SMILES string of the molecule is COC(CC1(OC)C=CC(=O)O1)C1OC1C(C)O. The second kappa shape index (κ2) is 4.97. The van der Waals surface area contributed by atoms with E-state index in [1.807, 2.05) is 0 Å². The Bertz CT molecular complexity index is 352. The summed E-state index contributed by atoms with van der Waals surface area (Å²) in [6, 6.07) is 0. The van der Waals surface area contributed by atoms with Gasteiger partial charge >= 0.3 is 5.97 Å². The van der Waals surface area contributed by atoms with Crippen LogP contribution in [0.1, 0.15) is 13.3 Å². The highest BCUT2D eigenvalue weighted by atomic mass is 16.7. The fraction of sp³-hybridized carbons (Fsp3) is 0.750. The van der Waals surface area contributed by atoms with Gasteiger partial charge in [0, 0.05) is 26.7 Å². The summed E-state index contributed by atoms with van der Waals surface area (Å²) in [5.41, 5.74) is 0. The van der Waals surface area contributed by atoms with Gasteiger partial charge in [-0.25, -0.2) is 4.79 Å². The number of aliphatic hydroxyl groups is 1. The molecule has 0 aromatic rings. The minimum absolute atomic E-state index is 0.199. The average molecular weight is 258 g/mol. The Morgan fingerprint density at radius 3 is 2.61 bits per heavy atom. The number of methoxy groups -OCH3 is 2. The predicted molar refractivity (Wildman–Crippen MR) is 60.7 cm³/mol. The molecular weight excluding hydrogens is 240 g/mol. The van der Waals surface area contributed by atoms with E-state index in [0.717, 1.165) is 0 Å². The third kappa shape index (κ3) is 2.56. The summed E-state index contributed by atoms with van der Waals surface area (Å²) >= 11 is 0. The standard InChI is InChI=1S/C12H18O6/c1-7(13)10-11(17-10)8(15-2)6-12(16-3)5-4-9(14)18-12/h4-5,7-8,10-11,13H,6H2,1-3H3. The molecule has 18 heavy (non-hydrogen) atoms. The maximum absolute atomic E-state index is 11.1. The van der Waals surface area contributed by atoms with Gasteiger partial charge in [0.25, 0.3) is 0 Å². The minimum atomic E-state index is -1.09. The molecular formula is C12H18O6. The summed E-state index contributed by atoms with van der Waals surface area (Å²) in [5, 5.41) is 9.42. The molecule has 0 spiro atoms. The summed E-state index contributed by atoms with van der Waals surface area (Å²) < 4.78 is 21.1.